The molecule has 2 atom stereocenters. The average molecular weight is 142 g/mol. The van der Waals surface area contributed by atoms with Gasteiger partial charge in [-0.3, -0.25) is 4.79 Å². The quantitative estimate of drug-likeness (QED) is 0.529. The Bertz CT molecular complexity index is 136. The molecule has 1 aliphatic rings. The van der Waals surface area contributed by atoms with E-state index in [-0.39, 0.29) is 11.8 Å². The van der Waals surface area contributed by atoms with Crippen LogP contribution in [0.3, 0.4) is 0 Å². The van der Waals surface area contributed by atoms with Crippen molar-refractivity contribution >= 4 is 5.91 Å². The molecule has 0 saturated carbocycles. The molecule has 0 aliphatic carbocycles. The van der Waals surface area contributed by atoms with Crippen molar-refractivity contribution in [3.05, 3.63) is 0 Å². The summed E-state index contributed by atoms with van der Waals surface area (Å²) in [5.74, 6) is 0.481. The minimum Gasteiger partial charge on any atom is -0.369 e. The van der Waals surface area contributed by atoms with Crippen LogP contribution in [0.5, 0.6) is 0 Å². The molecule has 0 aromatic carbocycles. The molecule has 0 aromatic heterocycles. The summed E-state index contributed by atoms with van der Waals surface area (Å²) in [5, 5.41) is 3.17. The average Bonchev–Trinajstić information content (AvgIpc) is 1.88. The molecule has 1 amide bonds. The van der Waals surface area contributed by atoms with Crippen LogP contribution >= 0.6 is 0 Å². The highest BCUT2D eigenvalue weighted by Gasteiger charge is 2.22. The summed E-state index contributed by atoms with van der Waals surface area (Å²) in [7, 11) is 0. The van der Waals surface area contributed by atoms with E-state index in [1.54, 1.807) is 0 Å². The fraction of sp³-hybridized carbons (Fsp3) is 0.857. The maximum atomic E-state index is 10.7. The minimum absolute atomic E-state index is 0.0590. The van der Waals surface area contributed by atoms with Crippen LogP contribution in [0.2, 0.25) is 0 Å². The molecule has 10 heavy (non-hydrogen) atoms. The topological polar surface area (TPSA) is 55.1 Å². The van der Waals surface area contributed by atoms with Gasteiger partial charge < -0.3 is 11.1 Å². The Morgan fingerprint density at radius 3 is 2.70 bits per heavy atom. The van der Waals surface area contributed by atoms with Crippen molar-refractivity contribution in [2.24, 2.45) is 17.6 Å². The van der Waals surface area contributed by atoms with Crippen LogP contribution in [0, 0.1) is 11.8 Å². The van der Waals surface area contributed by atoms with Crippen molar-refractivity contribution in [1.29, 1.82) is 0 Å². The fourth-order valence-corrected chi connectivity index (χ4v) is 1.37. The van der Waals surface area contributed by atoms with E-state index >= 15 is 0 Å². The first kappa shape index (κ1) is 7.54. The lowest BCUT2D eigenvalue weighted by Gasteiger charge is -2.25. The lowest BCUT2D eigenvalue weighted by Crippen LogP contribution is -2.41. The third-order valence-corrected chi connectivity index (χ3v) is 1.97. The highest BCUT2D eigenvalue weighted by Crippen LogP contribution is 2.14. The Hall–Kier alpha value is -0.570. The van der Waals surface area contributed by atoms with E-state index in [9.17, 15) is 4.79 Å². The third-order valence-electron chi connectivity index (χ3n) is 1.97. The Kier molecular flexibility index (Phi) is 2.27. The number of primary amides is 1. The first-order valence-corrected chi connectivity index (χ1v) is 3.70. The lowest BCUT2D eigenvalue weighted by molar-refractivity contribution is -0.122. The molecule has 3 nitrogen and oxygen atoms in total. The number of carbonyl (C=O) groups is 1. The van der Waals surface area contributed by atoms with Crippen molar-refractivity contribution < 1.29 is 4.79 Å². The second-order valence-corrected chi connectivity index (χ2v) is 3.10. The van der Waals surface area contributed by atoms with Crippen molar-refractivity contribution in [3.8, 4) is 0 Å². The zero-order chi connectivity index (χ0) is 7.56. The van der Waals surface area contributed by atoms with Gasteiger partial charge in [-0.15, -0.1) is 0 Å². The van der Waals surface area contributed by atoms with E-state index in [4.69, 9.17) is 5.73 Å². The van der Waals surface area contributed by atoms with E-state index in [2.05, 4.69) is 12.2 Å². The van der Waals surface area contributed by atoms with E-state index in [0.29, 0.717) is 5.92 Å². The zero-order valence-electron chi connectivity index (χ0n) is 6.26. The molecule has 1 heterocycles. The molecule has 0 unspecified atom stereocenters. The minimum atomic E-state index is -0.168. The van der Waals surface area contributed by atoms with Crippen molar-refractivity contribution in [2.45, 2.75) is 13.3 Å². The molecule has 3 N–H and O–H groups in total. The maximum Gasteiger partial charge on any atom is 0.221 e. The van der Waals surface area contributed by atoms with Crippen LogP contribution in [0.15, 0.2) is 0 Å². The molecule has 1 saturated heterocycles. The van der Waals surface area contributed by atoms with Gasteiger partial charge in [-0.25, -0.2) is 0 Å². The molecule has 0 radical (unpaired) electrons. The second kappa shape index (κ2) is 3.01. The van der Waals surface area contributed by atoms with E-state index < -0.39 is 0 Å². The lowest BCUT2D eigenvalue weighted by atomic mass is 9.91. The van der Waals surface area contributed by atoms with Gasteiger partial charge in [-0.1, -0.05) is 6.92 Å². The third kappa shape index (κ3) is 1.70. The van der Waals surface area contributed by atoms with Gasteiger partial charge >= 0.3 is 0 Å². The maximum absolute atomic E-state index is 10.7. The van der Waals surface area contributed by atoms with E-state index in [1.807, 2.05) is 0 Å². The largest absolute Gasteiger partial charge is 0.369 e. The van der Waals surface area contributed by atoms with Crippen molar-refractivity contribution in [3.63, 3.8) is 0 Å². The second-order valence-electron chi connectivity index (χ2n) is 3.10. The van der Waals surface area contributed by atoms with Gasteiger partial charge in [0.1, 0.15) is 0 Å². The number of rotatable bonds is 1. The summed E-state index contributed by atoms with van der Waals surface area (Å²) in [6.07, 6.45) is 0.947. The number of nitrogens with two attached hydrogens (primary N) is 1. The number of hydrogen-bond donors (Lipinski definition) is 2. The SMILES string of the molecule is C[C@@H]1CNC[C@@H](C(N)=O)C1. The molecule has 3 heteroatoms. The van der Waals surface area contributed by atoms with Crippen LogP contribution in [0.4, 0.5) is 0 Å². The first-order valence-electron chi connectivity index (χ1n) is 3.70. The van der Waals surface area contributed by atoms with Gasteiger partial charge in [0.25, 0.3) is 0 Å². The Labute approximate surface area is 61.0 Å². The van der Waals surface area contributed by atoms with Gasteiger partial charge in [0, 0.05) is 6.54 Å². The summed E-state index contributed by atoms with van der Waals surface area (Å²) >= 11 is 0. The number of piperidine rings is 1. The standard InChI is InChI=1S/C7H14N2O/c1-5-2-6(7(8)10)4-9-3-5/h5-6,9H,2-4H2,1H3,(H2,8,10)/t5-,6-/m0/s1. The number of carbonyl (C=O) groups excluding carboxylic acids is 1. The van der Waals surface area contributed by atoms with Gasteiger partial charge in [-0.05, 0) is 18.9 Å². The van der Waals surface area contributed by atoms with Crippen molar-refractivity contribution in [1.82, 2.24) is 5.32 Å². The smallest absolute Gasteiger partial charge is 0.221 e. The summed E-state index contributed by atoms with van der Waals surface area (Å²) in [6, 6.07) is 0. The predicted octanol–water partition coefficient (Wildman–Crippen LogP) is -0.283. The van der Waals surface area contributed by atoms with Crippen LogP contribution in [-0.4, -0.2) is 19.0 Å². The van der Waals surface area contributed by atoms with Gasteiger partial charge in [0.2, 0.25) is 5.91 Å². The summed E-state index contributed by atoms with van der Waals surface area (Å²) in [6.45, 7) is 3.91. The highest BCUT2D eigenvalue weighted by atomic mass is 16.1. The molecular weight excluding hydrogens is 128 g/mol. The number of amides is 1. The van der Waals surface area contributed by atoms with Crippen LogP contribution in [0.1, 0.15) is 13.3 Å². The first-order chi connectivity index (χ1) is 4.70. The Balaban J connectivity index is 2.39. The van der Waals surface area contributed by atoms with E-state index in [1.165, 1.54) is 0 Å². The van der Waals surface area contributed by atoms with Crippen molar-refractivity contribution in [2.75, 3.05) is 13.1 Å². The molecule has 0 bridgehead atoms. The van der Waals surface area contributed by atoms with Gasteiger partial charge in [0.15, 0.2) is 0 Å². The molecular formula is C7H14N2O. The van der Waals surface area contributed by atoms with Gasteiger partial charge in [0.05, 0.1) is 5.92 Å². The van der Waals surface area contributed by atoms with E-state index in [0.717, 1.165) is 19.5 Å². The van der Waals surface area contributed by atoms with Crippen LogP contribution in [-0.2, 0) is 4.79 Å². The molecule has 58 valence electrons. The number of hydrogen-bond acceptors (Lipinski definition) is 2. The Morgan fingerprint density at radius 2 is 2.30 bits per heavy atom. The molecule has 0 aromatic rings. The molecule has 1 aliphatic heterocycles. The van der Waals surface area contributed by atoms with Gasteiger partial charge in [-0.2, -0.15) is 0 Å². The molecule has 0 spiro atoms. The predicted molar refractivity (Wildman–Crippen MR) is 39.3 cm³/mol. The summed E-state index contributed by atoms with van der Waals surface area (Å²) in [4.78, 5) is 10.7. The molecule has 1 fully saturated rings. The summed E-state index contributed by atoms with van der Waals surface area (Å²) < 4.78 is 0. The fourth-order valence-electron chi connectivity index (χ4n) is 1.37. The Morgan fingerprint density at radius 1 is 1.60 bits per heavy atom. The monoisotopic (exact) mass is 142 g/mol. The van der Waals surface area contributed by atoms with Crippen LogP contribution < -0.4 is 11.1 Å². The highest BCUT2D eigenvalue weighted by molar-refractivity contribution is 5.76. The zero-order valence-corrected chi connectivity index (χ0v) is 6.26. The van der Waals surface area contributed by atoms with Crippen LogP contribution in [0.25, 0.3) is 0 Å². The normalized spacial score (nSPS) is 33.7. The molecule has 1 rings (SSSR count). The summed E-state index contributed by atoms with van der Waals surface area (Å²) in [5.41, 5.74) is 5.15. The number of nitrogens with one attached hydrogen (secondary N) is 1.